The molecule has 0 spiro atoms. The first-order chi connectivity index (χ1) is 11.3. The van der Waals surface area contributed by atoms with Crippen LogP contribution >= 0.6 is 0 Å². The van der Waals surface area contributed by atoms with Crippen molar-refractivity contribution in [2.45, 2.75) is 51.8 Å². The number of hydrogen-bond donors (Lipinski definition) is 1. The molecule has 5 nitrogen and oxygen atoms in total. The zero-order valence-electron chi connectivity index (χ0n) is 14.9. The summed E-state index contributed by atoms with van der Waals surface area (Å²) in [5.74, 6) is -0.0736. The summed E-state index contributed by atoms with van der Waals surface area (Å²) < 4.78 is 24.0. The topological polar surface area (TPSA) is 50.8 Å². The van der Waals surface area contributed by atoms with E-state index in [-0.39, 0.29) is 23.7 Å². The minimum Gasteiger partial charge on any atom is -0.494 e. The van der Waals surface area contributed by atoms with E-state index in [0.717, 1.165) is 31.5 Å². The Balaban J connectivity index is 1.78. The Bertz CT molecular complexity index is 564. The van der Waals surface area contributed by atoms with Crippen molar-refractivity contribution in [3.63, 3.8) is 0 Å². The lowest BCUT2D eigenvalue weighted by molar-refractivity contribution is 0.0477. The Labute approximate surface area is 143 Å². The summed E-state index contributed by atoms with van der Waals surface area (Å²) in [5.41, 5.74) is 0.440. The molecule has 0 radical (unpaired) electrons. The molecule has 2 rings (SSSR count). The minimum absolute atomic E-state index is 0.128. The number of piperidine rings is 1. The van der Waals surface area contributed by atoms with Crippen LogP contribution in [0.4, 0.5) is 9.18 Å². The fourth-order valence-electron chi connectivity index (χ4n) is 2.78. The van der Waals surface area contributed by atoms with Crippen molar-refractivity contribution >= 4 is 6.09 Å². The van der Waals surface area contributed by atoms with Gasteiger partial charge in [-0.05, 0) is 51.3 Å². The van der Waals surface area contributed by atoms with Gasteiger partial charge in [0.2, 0.25) is 0 Å². The summed E-state index contributed by atoms with van der Waals surface area (Å²) >= 11 is 0. The van der Waals surface area contributed by atoms with Crippen molar-refractivity contribution in [1.29, 1.82) is 0 Å². The lowest BCUT2D eigenvalue weighted by Gasteiger charge is -2.32. The van der Waals surface area contributed by atoms with E-state index in [2.05, 4.69) is 10.2 Å². The van der Waals surface area contributed by atoms with E-state index in [1.807, 2.05) is 26.8 Å². The van der Waals surface area contributed by atoms with Gasteiger partial charge >= 0.3 is 6.09 Å². The number of benzene rings is 1. The fourth-order valence-corrected chi connectivity index (χ4v) is 2.78. The van der Waals surface area contributed by atoms with Gasteiger partial charge in [-0.2, -0.15) is 0 Å². The van der Waals surface area contributed by atoms with Crippen LogP contribution in [-0.4, -0.2) is 42.8 Å². The van der Waals surface area contributed by atoms with Crippen LogP contribution in [0, 0.1) is 5.82 Å². The van der Waals surface area contributed by atoms with Crippen molar-refractivity contribution in [3.8, 4) is 5.75 Å². The molecule has 1 fully saturated rings. The number of carbonyl (C=O) groups excluding carboxylic acids is 1. The van der Waals surface area contributed by atoms with Gasteiger partial charge in [0.25, 0.3) is 0 Å². The maximum Gasteiger partial charge on any atom is 0.407 e. The summed E-state index contributed by atoms with van der Waals surface area (Å²) in [6, 6.07) is 5.18. The second-order valence-corrected chi connectivity index (χ2v) is 7.17. The van der Waals surface area contributed by atoms with Crippen LogP contribution in [0.25, 0.3) is 0 Å². The highest BCUT2D eigenvalue weighted by Gasteiger charge is 2.23. The molecule has 1 amide bonds. The quantitative estimate of drug-likeness (QED) is 0.915. The fraction of sp³-hybridized carbons (Fsp3) is 0.611. The van der Waals surface area contributed by atoms with Crippen LogP contribution < -0.4 is 10.1 Å². The van der Waals surface area contributed by atoms with Gasteiger partial charge in [0.05, 0.1) is 7.11 Å². The molecule has 0 unspecified atom stereocenters. The van der Waals surface area contributed by atoms with E-state index in [1.54, 1.807) is 6.07 Å². The van der Waals surface area contributed by atoms with E-state index in [1.165, 1.54) is 13.2 Å². The average Bonchev–Trinajstić information content (AvgIpc) is 2.47. The molecule has 1 aliphatic rings. The Morgan fingerprint density at radius 1 is 1.33 bits per heavy atom. The van der Waals surface area contributed by atoms with Gasteiger partial charge in [0.15, 0.2) is 11.6 Å². The largest absolute Gasteiger partial charge is 0.494 e. The third kappa shape index (κ3) is 5.67. The zero-order valence-corrected chi connectivity index (χ0v) is 14.9. The molecule has 1 aromatic carbocycles. The van der Waals surface area contributed by atoms with Crippen molar-refractivity contribution < 1.29 is 18.7 Å². The molecule has 134 valence electrons. The number of nitrogens with zero attached hydrogens (tertiary/aromatic N) is 1. The van der Waals surface area contributed by atoms with Gasteiger partial charge in [0, 0.05) is 25.7 Å². The van der Waals surface area contributed by atoms with E-state index >= 15 is 0 Å². The molecule has 6 heteroatoms. The molecule has 1 aliphatic heterocycles. The van der Waals surface area contributed by atoms with Crippen LogP contribution in [0.1, 0.15) is 39.2 Å². The summed E-state index contributed by atoms with van der Waals surface area (Å²) in [7, 11) is 1.46. The third-order valence-corrected chi connectivity index (χ3v) is 3.93. The SMILES string of the molecule is COc1ccc(CN2CCC(NC(=O)OC(C)(C)C)CC2)cc1F. The second-order valence-electron chi connectivity index (χ2n) is 7.17. The first-order valence-corrected chi connectivity index (χ1v) is 8.31. The Morgan fingerprint density at radius 3 is 2.54 bits per heavy atom. The van der Waals surface area contributed by atoms with Crippen molar-refractivity contribution in [2.24, 2.45) is 0 Å². The predicted molar refractivity (Wildman–Crippen MR) is 90.6 cm³/mol. The molecule has 0 bridgehead atoms. The van der Waals surface area contributed by atoms with Crippen molar-refractivity contribution in [3.05, 3.63) is 29.6 Å². The Morgan fingerprint density at radius 2 is 2.00 bits per heavy atom. The van der Waals surface area contributed by atoms with E-state index in [9.17, 15) is 9.18 Å². The van der Waals surface area contributed by atoms with Crippen LogP contribution in [0.3, 0.4) is 0 Å². The number of methoxy groups -OCH3 is 1. The van der Waals surface area contributed by atoms with Gasteiger partial charge in [-0.15, -0.1) is 0 Å². The lowest BCUT2D eigenvalue weighted by Crippen LogP contribution is -2.45. The Kier molecular flexibility index (Phi) is 6.04. The molecule has 0 saturated carbocycles. The number of rotatable bonds is 4. The van der Waals surface area contributed by atoms with Crippen LogP contribution in [0.15, 0.2) is 18.2 Å². The molecule has 1 heterocycles. The number of likely N-dealkylation sites (tertiary alicyclic amines) is 1. The number of amides is 1. The van der Waals surface area contributed by atoms with E-state index < -0.39 is 5.60 Å². The molecule has 1 aromatic rings. The van der Waals surface area contributed by atoms with Crippen molar-refractivity contribution in [2.75, 3.05) is 20.2 Å². The van der Waals surface area contributed by atoms with Crippen LogP contribution in [-0.2, 0) is 11.3 Å². The smallest absolute Gasteiger partial charge is 0.407 e. The summed E-state index contributed by atoms with van der Waals surface area (Å²) in [6.45, 7) is 7.96. The predicted octanol–water partition coefficient (Wildman–Crippen LogP) is 3.32. The molecule has 0 aliphatic carbocycles. The highest BCUT2D eigenvalue weighted by molar-refractivity contribution is 5.68. The molecular weight excluding hydrogens is 311 g/mol. The van der Waals surface area contributed by atoms with Gasteiger partial charge in [0.1, 0.15) is 5.60 Å². The van der Waals surface area contributed by atoms with E-state index in [4.69, 9.17) is 9.47 Å². The average molecular weight is 338 g/mol. The molecule has 0 aromatic heterocycles. The summed E-state index contributed by atoms with van der Waals surface area (Å²) in [5, 5.41) is 2.92. The lowest BCUT2D eigenvalue weighted by atomic mass is 10.0. The molecule has 0 atom stereocenters. The number of nitrogens with one attached hydrogen (secondary N) is 1. The number of ether oxygens (including phenoxy) is 2. The molecule has 1 saturated heterocycles. The Hall–Kier alpha value is -1.82. The van der Waals surface area contributed by atoms with Crippen LogP contribution in [0.5, 0.6) is 5.75 Å². The maximum atomic E-state index is 13.7. The van der Waals surface area contributed by atoms with Gasteiger partial charge in [-0.3, -0.25) is 4.90 Å². The zero-order chi connectivity index (χ0) is 17.7. The number of alkyl carbamates (subject to hydrolysis) is 1. The molecular formula is C18H27FN2O3. The minimum atomic E-state index is -0.483. The van der Waals surface area contributed by atoms with Gasteiger partial charge in [-0.25, -0.2) is 9.18 Å². The highest BCUT2D eigenvalue weighted by atomic mass is 19.1. The number of hydrogen-bond acceptors (Lipinski definition) is 4. The molecule has 1 N–H and O–H groups in total. The summed E-state index contributed by atoms with van der Waals surface area (Å²) in [4.78, 5) is 14.1. The standard InChI is InChI=1S/C18H27FN2O3/c1-18(2,3)24-17(22)20-14-7-9-21(10-8-14)12-13-5-6-16(23-4)15(19)11-13/h5-6,11,14H,7-10,12H2,1-4H3,(H,20,22). The normalized spacial score (nSPS) is 16.7. The van der Waals surface area contributed by atoms with Gasteiger partial charge in [-0.1, -0.05) is 6.07 Å². The monoisotopic (exact) mass is 338 g/mol. The van der Waals surface area contributed by atoms with Crippen LogP contribution in [0.2, 0.25) is 0 Å². The summed E-state index contributed by atoms with van der Waals surface area (Å²) in [6.07, 6.45) is 1.36. The molecule has 24 heavy (non-hydrogen) atoms. The second kappa shape index (κ2) is 7.83. The van der Waals surface area contributed by atoms with E-state index in [0.29, 0.717) is 6.54 Å². The first kappa shape index (κ1) is 18.5. The maximum absolute atomic E-state index is 13.7. The third-order valence-electron chi connectivity index (χ3n) is 3.93. The van der Waals surface area contributed by atoms with Crippen molar-refractivity contribution in [1.82, 2.24) is 10.2 Å². The van der Waals surface area contributed by atoms with Gasteiger partial charge < -0.3 is 14.8 Å². The number of halogens is 1. The highest BCUT2D eigenvalue weighted by Crippen LogP contribution is 2.20. The first-order valence-electron chi connectivity index (χ1n) is 8.31. The number of carbonyl (C=O) groups is 1.